The minimum atomic E-state index is 0.560. The van der Waals surface area contributed by atoms with E-state index in [0.29, 0.717) is 5.92 Å². The van der Waals surface area contributed by atoms with Crippen molar-refractivity contribution in [2.75, 3.05) is 13.6 Å². The third kappa shape index (κ3) is 6.25. The summed E-state index contributed by atoms with van der Waals surface area (Å²) in [6.45, 7) is 4.77. The van der Waals surface area contributed by atoms with Gasteiger partial charge in [0.25, 0.3) is 0 Å². The SMILES string of the molecule is CN=C(NCc1ccc(Cn2ccnc2)cc1)NCC(C)Cc1cccs1. The van der Waals surface area contributed by atoms with Crippen molar-refractivity contribution in [2.24, 2.45) is 10.9 Å². The molecule has 0 aliphatic rings. The molecule has 0 spiro atoms. The molecule has 2 heterocycles. The predicted molar refractivity (Wildman–Crippen MR) is 113 cm³/mol. The summed E-state index contributed by atoms with van der Waals surface area (Å²) in [5.74, 6) is 1.40. The first-order valence-electron chi connectivity index (χ1n) is 9.23. The van der Waals surface area contributed by atoms with Crippen molar-refractivity contribution >= 4 is 17.3 Å². The molecule has 0 bridgehead atoms. The predicted octanol–water partition coefficient (Wildman–Crippen LogP) is 3.54. The lowest BCUT2D eigenvalue weighted by Gasteiger charge is -2.16. The van der Waals surface area contributed by atoms with Crippen LogP contribution in [0.3, 0.4) is 0 Å². The van der Waals surface area contributed by atoms with Crippen molar-refractivity contribution in [3.8, 4) is 0 Å². The number of hydrogen-bond acceptors (Lipinski definition) is 3. The molecular formula is C21H27N5S. The summed E-state index contributed by atoms with van der Waals surface area (Å²) < 4.78 is 2.07. The van der Waals surface area contributed by atoms with E-state index in [2.05, 4.69) is 73.9 Å². The maximum absolute atomic E-state index is 4.33. The van der Waals surface area contributed by atoms with Crippen LogP contribution in [0, 0.1) is 5.92 Å². The number of benzene rings is 1. The van der Waals surface area contributed by atoms with Crippen molar-refractivity contribution < 1.29 is 0 Å². The molecule has 1 aromatic carbocycles. The van der Waals surface area contributed by atoms with Crippen molar-refractivity contribution in [1.29, 1.82) is 0 Å². The fraction of sp³-hybridized carbons (Fsp3) is 0.333. The molecular weight excluding hydrogens is 354 g/mol. The zero-order valence-electron chi connectivity index (χ0n) is 15.9. The molecule has 0 aliphatic carbocycles. The summed E-state index contributed by atoms with van der Waals surface area (Å²) >= 11 is 1.82. The summed E-state index contributed by atoms with van der Waals surface area (Å²) in [5, 5.41) is 8.95. The largest absolute Gasteiger partial charge is 0.356 e. The van der Waals surface area contributed by atoms with Gasteiger partial charge in [0.15, 0.2) is 5.96 Å². The summed E-state index contributed by atoms with van der Waals surface area (Å²) in [5.41, 5.74) is 2.50. The highest BCUT2D eigenvalue weighted by molar-refractivity contribution is 7.09. The van der Waals surface area contributed by atoms with Crippen molar-refractivity contribution in [1.82, 2.24) is 20.2 Å². The zero-order chi connectivity index (χ0) is 18.9. The van der Waals surface area contributed by atoms with Gasteiger partial charge in [0, 0.05) is 44.0 Å². The van der Waals surface area contributed by atoms with Crippen LogP contribution in [0.2, 0.25) is 0 Å². The number of hydrogen-bond donors (Lipinski definition) is 2. The van der Waals surface area contributed by atoms with E-state index in [1.807, 2.05) is 30.9 Å². The minimum absolute atomic E-state index is 0.560. The molecule has 0 radical (unpaired) electrons. The van der Waals surface area contributed by atoms with Gasteiger partial charge in [-0.3, -0.25) is 4.99 Å². The first-order chi connectivity index (χ1) is 13.2. The van der Waals surface area contributed by atoms with Crippen LogP contribution < -0.4 is 10.6 Å². The Labute approximate surface area is 165 Å². The molecule has 5 nitrogen and oxygen atoms in total. The minimum Gasteiger partial charge on any atom is -0.356 e. The summed E-state index contributed by atoms with van der Waals surface area (Å²) in [7, 11) is 1.81. The van der Waals surface area contributed by atoms with E-state index < -0.39 is 0 Å². The Balaban J connectivity index is 1.42. The zero-order valence-corrected chi connectivity index (χ0v) is 16.7. The molecule has 27 heavy (non-hydrogen) atoms. The van der Waals surface area contributed by atoms with Crippen LogP contribution in [0.5, 0.6) is 0 Å². The summed E-state index contributed by atoms with van der Waals surface area (Å²) in [4.78, 5) is 9.84. The second-order valence-electron chi connectivity index (χ2n) is 6.75. The molecule has 0 saturated carbocycles. The highest BCUT2D eigenvalue weighted by atomic mass is 32.1. The van der Waals surface area contributed by atoms with Gasteiger partial charge in [0.2, 0.25) is 0 Å². The van der Waals surface area contributed by atoms with Crippen LogP contribution >= 0.6 is 11.3 Å². The number of guanidine groups is 1. The van der Waals surface area contributed by atoms with Crippen molar-refractivity contribution in [3.05, 3.63) is 76.5 Å². The van der Waals surface area contributed by atoms with Crippen LogP contribution in [0.25, 0.3) is 0 Å². The molecule has 2 aromatic heterocycles. The number of nitrogens with one attached hydrogen (secondary N) is 2. The van der Waals surface area contributed by atoms with Crippen LogP contribution in [-0.2, 0) is 19.5 Å². The quantitative estimate of drug-likeness (QED) is 0.464. The van der Waals surface area contributed by atoms with Gasteiger partial charge < -0.3 is 15.2 Å². The Morgan fingerprint density at radius 3 is 2.67 bits per heavy atom. The van der Waals surface area contributed by atoms with E-state index in [1.54, 1.807) is 6.20 Å². The monoisotopic (exact) mass is 381 g/mol. The molecule has 0 aliphatic heterocycles. The lowest BCUT2D eigenvalue weighted by molar-refractivity contribution is 0.562. The van der Waals surface area contributed by atoms with Gasteiger partial charge in [-0.2, -0.15) is 0 Å². The van der Waals surface area contributed by atoms with E-state index >= 15 is 0 Å². The maximum atomic E-state index is 4.33. The van der Waals surface area contributed by atoms with Gasteiger partial charge in [-0.25, -0.2) is 4.98 Å². The van der Waals surface area contributed by atoms with Crippen LogP contribution in [-0.4, -0.2) is 29.1 Å². The molecule has 3 rings (SSSR count). The molecule has 0 saturated heterocycles. The number of thiophene rings is 1. The van der Waals surface area contributed by atoms with Gasteiger partial charge in [-0.1, -0.05) is 37.3 Å². The third-order valence-electron chi connectivity index (χ3n) is 4.38. The summed E-state index contributed by atoms with van der Waals surface area (Å²) in [6.07, 6.45) is 6.72. The second kappa shape index (κ2) is 9.92. The van der Waals surface area contributed by atoms with Gasteiger partial charge in [0.1, 0.15) is 0 Å². The van der Waals surface area contributed by atoms with Crippen molar-refractivity contribution in [3.63, 3.8) is 0 Å². The number of aromatic nitrogens is 2. The smallest absolute Gasteiger partial charge is 0.191 e. The third-order valence-corrected chi connectivity index (χ3v) is 5.28. The molecule has 0 fully saturated rings. The van der Waals surface area contributed by atoms with Crippen LogP contribution in [0.1, 0.15) is 22.9 Å². The molecule has 6 heteroatoms. The molecule has 1 unspecified atom stereocenters. The molecule has 3 aromatic rings. The van der Waals surface area contributed by atoms with Crippen LogP contribution in [0.15, 0.2) is 65.5 Å². The Morgan fingerprint density at radius 1 is 1.19 bits per heavy atom. The van der Waals surface area contributed by atoms with E-state index in [1.165, 1.54) is 16.0 Å². The van der Waals surface area contributed by atoms with Gasteiger partial charge in [0.05, 0.1) is 6.33 Å². The van der Waals surface area contributed by atoms with E-state index in [-0.39, 0.29) is 0 Å². The maximum Gasteiger partial charge on any atom is 0.191 e. The Bertz CT molecular complexity index is 807. The molecule has 142 valence electrons. The van der Waals surface area contributed by atoms with Gasteiger partial charge >= 0.3 is 0 Å². The van der Waals surface area contributed by atoms with E-state index in [0.717, 1.165) is 32.0 Å². The Hall–Kier alpha value is -2.60. The lowest BCUT2D eigenvalue weighted by atomic mass is 10.1. The van der Waals surface area contributed by atoms with Gasteiger partial charge in [-0.05, 0) is 34.9 Å². The second-order valence-corrected chi connectivity index (χ2v) is 7.78. The standard InChI is InChI=1S/C21H27N5S/c1-17(12-20-4-3-11-27-20)13-24-21(22-2)25-14-18-5-7-19(8-6-18)15-26-10-9-23-16-26/h3-11,16-17H,12-15H2,1-2H3,(H2,22,24,25). The number of aliphatic imine (C=N–C) groups is 1. The number of nitrogens with zero attached hydrogens (tertiary/aromatic N) is 3. The highest BCUT2D eigenvalue weighted by Crippen LogP contribution is 2.13. The van der Waals surface area contributed by atoms with Crippen LogP contribution in [0.4, 0.5) is 0 Å². The highest BCUT2D eigenvalue weighted by Gasteiger charge is 2.06. The fourth-order valence-electron chi connectivity index (χ4n) is 2.88. The van der Waals surface area contributed by atoms with E-state index in [9.17, 15) is 0 Å². The van der Waals surface area contributed by atoms with Crippen molar-refractivity contribution in [2.45, 2.75) is 26.4 Å². The molecule has 1 atom stereocenters. The average Bonchev–Trinajstić information content (AvgIpc) is 3.37. The molecule has 2 N–H and O–H groups in total. The van der Waals surface area contributed by atoms with Gasteiger partial charge in [-0.15, -0.1) is 11.3 Å². The number of imidazole rings is 1. The summed E-state index contributed by atoms with van der Waals surface area (Å²) in [6, 6.07) is 13.0. The number of rotatable bonds is 8. The fourth-order valence-corrected chi connectivity index (χ4v) is 3.75. The molecule has 0 amide bonds. The van der Waals surface area contributed by atoms with E-state index in [4.69, 9.17) is 0 Å². The Morgan fingerprint density at radius 2 is 2.00 bits per heavy atom. The first-order valence-corrected chi connectivity index (χ1v) is 10.1. The lowest BCUT2D eigenvalue weighted by Crippen LogP contribution is -2.39. The topological polar surface area (TPSA) is 54.2 Å². The average molecular weight is 382 g/mol. The first kappa shape index (κ1) is 19.2. The Kier molecular flexibility index (Phi) is 7.04. The normalized spacial score (nSPS) is 12.7.